The number of nitro groups is 4. The molecule has 0 radical (unpaired) electrons. The van der Waals surface area contributed by atoms with Gasteiger partial charge in [0.15, 0.2) is 81.4 Å². The summed E-state index contributed by atoms with van der Waals surface area (Å²) in [5, 5.41) is 54.1. The van der Waals surface area contributed by atoms with Gasteiger partial charge in [-0.05, 0) is 143 Å². The van der Waals surface area contributed by atoms with Crippen molar-refractivity contribution in [2.24, 2.45) is 0 Å². The van der Waals surface area contributed by atoms with Crippen LogP contribution in [0.15, 0.2) is 79.8 Å². The number of hydrogen-bond donors (Lipinski definition) is 5. The molecule has 736 valence electrons. The number of esters is 5. The number of aromatic amines is 1. The summed E-state index contributed by atoms with van der Waals surface area (Å²) in [5.74, 6) is -19.9. The van der Waals surface area contributed by atoms with Crippen LogP contribution in [0.1, 0.15) is 175 Å². The Morgan fingerprint density at radius 2 is 0.752 bits per heavy atom. The van der Waals surface area contributed by atoms with Gasteiger partial charge >= 0.3 is 160 Å². The number of carbonyl (C=O) groups is 6. The number of halogens is 16. The number of fused-ring (bicyclic) bond motifs is 2. The van der Waals surface area contributed by atoms with Crippen LogP contribution in [0, 0.1) is 168 Å². The number of carboxylic acids is 1. The minimum Gasteiger partial charge on any atom is -0.477 e. The number of carboxylic acid groups (broad SMARTS) is 1. The number of anilines is 2. The Labute approximate surface area is 764 Å². The topological polar surface area (TPSA) is 504 Å². The number of aryl methyl sites for hydroxylation is 2. The number of aromatic nitrogens is 4. The summed E-state index contributed by atoms with van der Waals surface area (Å²) < 4.78 is 237. The molecule has 2 aromatic heterocycles. The summed E-state index contributed by atoms with van der Waals surface area (Å²) >= 11 is -3.37. The van der Waals surface area contributed by atoms with E-state index < -0.39 is 240 Å². The van der Waals surface area contributed by atoms with Gasteiger partial charge in [0.25, 0.3) is 28.2 Å². The maximum absolute atomic E-state index is 14.0. The number of rotatable bonds is 20. The third kappa shape index (κ3) is 26.4. The van der Waals surface area contributed by atoms with E-state index in [9.17, 15) is 159 Å². The van der Waals surface area contributed by atoms with Crippen LogP contribution < -0.4 is 43.0 Å². The van der Waals surface area contributed by atoms with E-state index in [4.69, 9.17) is 21.4 Å². The summed E-state index contributed by atoms with van der Waals surface area (Å²) in [6, 6.07) is 5.69. The first-order chi connectivity index (χ1) is 63.9. The van der Waals surface area contributed by atoms with Gasteiger partial charge < -0.3 is 40.9 Å². The number of nitro benzene ring substituents is 4. The van der Waals surface area contributed by atoms with Crippen molar-refractivity contribution in [3.63, 3.8) is 0 Å². The van der Waals surface area contributed by atoms with Crippen molar-refractivity contribution in [1.82, 2.24) is 18.8 Å². The predicted octanol–water partition coefficient (Wildman–Crippen LogP) is 16.0. The summed E-state index contributed by atoms with van der Waals surface area (Å²) in [7, 11) is 0. The number of ether oxygens (including phenoxy) is 5. The second-order valence-corrected chi connectivity index (χ2v) is 44.4. The van der Waals surface area contributed by atoms with Crippen LogP contribution in [-0.2, 0) is 23.7 Å². The zero-order valence-electron chi connectivity index (χ0n) is 74.0. The zero-order valence-corrected chi connectivity index (χ0v) is 76.8. The van der Waals surface area contributed by atoms with E-state index in [1.807, 2.05) is 0 Å². The Morgan fingerprint density at radius 1 is 0.423 bits per heavy atom. The van der Waals surface area contributed by atoms with Crippen LogP contribution in [0.2, 0.25) is 14.8 Å². The van der Waals surface area contributed by atoms with E-state index in [-0.39, 0.29) is 128 Å². The van der Waals surface area contributed by atoms with Crippen molar-refractivity contribution >= 4 is 114 Å². The van der Waals surface area contributed by atoms with Crippen molar-refractivity contribution in [3.05, 3.63) is 297 Å². The fourth-order valence-corrected chi connectivity index (χ4v) is 17.4. The van der Waals surface area contributed by atoms with Crippen molar-refractivity contribution in [2.45, 2.75) is 141 Å². The SMILES string of the molecule is CCOC(=O)c1cc(F)c(F)[c]([Sn]([CH3])([CH3])[CH3])c1[N+](=O)[O-].CCOC(=O)c1cc(F)c(F)c(C)c1N.CCOC(=O)c1cc(F)c(F)c(C)c1NC1CC1.CCOC(=O)c1cc(F)c(F)c(C)c1[N+](=O)[O-].CCOC(=O)c1cc(F)c(F)cc1[N+](=O)[O-].Cc1c(F)c(F)cc2c(=O)[nH]c(=O)n(C3CC3)c12.Cc1c(F)c(F)cc2c(=O)n(N)c(=O)n(C3CC3)c12.O=C(O)c1cc(F)c(F)cc1[N+](=O)[O-]. The minimum atomic E-state index is -3.37. The molecule has 13 rings (SSSR count). The van der Waals surface area contributed by atoms with Crippen molar-refractivity contribution in [1.29, 1.82) is 0 Å². The van der Waals surface area contributed by atoms with Gasteiger partial charge in [-0.3, -0.25) is 54.1 Å². The molecule has 137 heavy (non-hydrogen) atoms. The minimum absolute atomic E-state index is 0.0000926. The molecule has 3 saturated carbocycles. The second kappa shape index (κ2) is 46.9. The fraction of sp³-hybridized carbons (Fsp3) is 0.318. The third-order valence-corrected chi connectivity index (χ3v) is 25.1. The van der Waals surface area contributed by atoms with Crippen molar-refractivity contribution < 1.29 is 147 Å². The Bertz CT molecular complexity index is 6720. The van der Waals surface area contributed by atoms with E-state index in [1.54, 1.807) is 28.7 Å². The largest absolute Gasteiger partial charge is 0.477 e. The summed E-state index contributed by atoms with van der Waals surface area (Å²) in [6.07, 6.45) is 5.07. The molecule has 0 aliphatic heterocycles. The van der Waals surface area contributed by atoms with E-state index >= 15 is 0 Å². The van der Waals surface area contributed by atoms with Crippen LogP contribution in [0.4, 0.5) is 104 Å². The molecule has 10 aromatic rings. The molecule has 0 atom stereocenters. The van der Waals surface area contributed by atoms with Crippen LogP contribution in [0.5, 0.6) is 0 Å². The Kier molecular flexibility index (Phi) is 37.9. The number of nitrogens with zero attached hydrogens (tertiary/aromatic N) is 7. The standard InChI is InChI=1S/C13H15F2NO2.C12H11F2N3O2.C12H10F2N2O2.C10H9F2NO4.C10H11F2NO2.C9H7F2NO4.C9H6F2NO4.C7H3F2NO4.3CH3.Sn/c1-3-18-13(17)9-6-10(14)11(15)7(2)12(9)16-8-4-5-8;1-5-9(14)8(13)4-7-10(5)16(6-2-3-6)12(19)17(15)11(7)18;1-5-9(14)8(13)4-7-10(5)16(6-2-3-6)12(18)15-11(7)17;1-3-17-10(14)6-4-7(11)8(12)5(2)9(6)13(15)16;1-3-15-10(14)6-4-7(11)8(12)5(2)9(6)13;2*1-2-16-9(13)5-3-6(10)7(11)4-8(5)12(14)15;8-4-1-3(7(11)12)6(10(13)14)2-5(4)9;;;;/h6,8,16H,3-5H2,1-2H3;4,6H,2-3,15H2,1H3;4,6H,2-3H2,1H3,(H,15,17,18);4H,3H2,1-2H3;4H,3,13H2,1-2H3;3-4H,2H2,1H3;3H,2H2,1H3;1-2H,(H,11,12);3*1H3;. The molecule has 35 nitrogen and oxygen atoms in total. The van der Waals surface area contributed by atoms with Gasteiger partial charge in [-0.2, -0.15) is 4.68 Å². The molecule has 0 amide bonds. The first kappa shape index (κ1) is 111. The average molecular weight is 2060 g/mol. The predicted molar refractivity (Wildman–Crippen MR) is 457 cm³/mol. The molecule has 2 heterocycles. The molecule has 52 heteroatoms. The first-order valence-corrected chi connectivity index (χ1v) is 50.0. The van der Waals surface area contributed by atoms with Crippen LogP contribution in [0.3, 0.4) is 0 Å². The Balaban J connectivity index is 0.000000241. The first-order valence-electron chi connectivity index (χ1n) is 40.1. The average Bonchev–Trinajstić information content (AvgIpc) is 1.67. The number of nitrogens with one attached hydrogen (secondary N) is 2. The Morgan fingerprint density at radius 3 is 1.16 bits per heavy atom. The molecular formula is C85H81F16N11O24Sn. The van der Waals surface area contributed by atoms with E-state index in [0.717, 1.165) is 69.7 Å². The summed E-state index contributed by atoms with van der Waals surface area (Å²) in [5.41, 5.74) is -3.18. The van der Waals surface area contributed by atoms with Gasteiger partial charge in [0.2, 0.25) is 0 Å². The number of nitrogens with two attached hydrogens (primary N) is 2. The molecule has 3 aliphatic rings. The third-order valence-electron chi connectivity index (χ3n) is 19.5. The molecule has 8 aromatic carbocycles. The van der Waals surface area contributed by atoms with Gasteiger partial charge in [-0.1, -0.05) is 0 Å². The number of nitrogen functional groups attached to an aromatic ring is 2. The number of carbonyl (C=O) groups excluding carboxylic acids is 5. The Hall–Kier alpha value is -14.9. The monoisotopic (exact) mass is 2060 g/mol. The van der Waals surface area contributed by atoms with Gasteiger partial charge in [-0.15, -0.1) is 0 Å². The van der Waals surface area contributed by atoms with Gasteiger partial charge in [0.1, 0.15) is 16.7 Å². The van der Waals surface area contributed by atoms with Gasteiger partial charge in [0, 0.05) is 40.4 Å². The molecule has 0 bridgehead atoms. The van der Waals surface area contributed by atoms with E-state index in [2.05, 4.69) is 29.2 Å². The number of H-pyrrole nitrogens is 1. The number of aromatic carboxylic acids is 1. The summed E-state index contributed by atoms with van der Waals surface area (Å²) in [4.78, 5) is 161. The summed E-state index contributed by atoms with van der Waals surface area (Å²) in [6.45, 7) is 14.6. The molecule has 0 unspecified atom stereocenters. The molecule has 0 spiro atoms. The van der Waals surface area contributed by atoms with Gasteiger partial charge in [-0.25, -0.2) is 95.0 Å². The fourth-order valence-electron chi connectivity index (χ4n) is 12.6. The molecule has 3 aliphatic carbocycles. The van der Waals surface area contributed by atoms with Crippen LogP contribution in [0.25, 0.3) is 21.8 Å². The van der Waals surface area contributed by atoms with Crippen molar-refractivity contribution in [2.75, 3.05) is 49.9 Å². The quantitative estimate of drug-likeness (QED) is 0.00691. The van der Waals surface area contributed by atoms with E-state index in [1.165, 1.54) is 57.6 Å². The maximum atomic E-state index is 14.0. The molecular weight excluding hydrogens is 1980 g/mol. The van der Waals surface area contributed by atoms with Gasteiger partial charge in [0.05, 0.1) is 103 Å². The molecule has 7 N–H and O–H groups in total. The zero-order chi connectivity index (χ0) is 104. The van der Waals surface area contributed by atoms with E-state index in [0.29, 0.717) is 34.6 Å². The van der Waals surface area contributed by atoms with Crippen LogP contribution >= 0.6 is 0 Å². The second-order valence-electron chi connectivity index (χ2n) is 30.1. The maximum Gasteiger partial charge on any atom is 0.350 e. The number of hydrogen-bond acceptors (Lipinski definition) is 26. The normalized spacial score (nSPS) is 12.2. The number of benzene rings is 8. The van der Waals surface area contributed by atoms with Crippen molar-refractivity contribution in [3.8, 4) is 0 Å². The van der Waals surface area contributed by atoms with Crippen LogP contribution in [-0.4, -0.2) is 137 Å². The molecule has 3 fully saturated rings. The smallest absolute Gasteiger partial charge is 0.350 e. The molecule has 0 saturated heterocycles.